The van der Waals surface area contributed by atoms with Crippen LogP contribution in [0.1, 0.15) is 28.8 Å². The van der Waals surface area contributed by atoms with E-state index in [1.54, 1.807) is 18.2 Å². The molecule has 1 N–H and O–H groups in total. The number of rotatable bonds is 8. The zero-order valence-electron chi connectivity index (χ0n) is 19.6. The molecule has 1 heterocycles. The summed E-state index contributed by atoms with van der Waals surface area (Å²) in [7, 11) is -0.468. The van der Waals surface area contributed by atoms with Gasteiger partial charge in [0.25, 0.3) is 15.9 Å². The molecule has 1 aliphatic heterocycles. The van der Waals surface area contributed by atoms with Gasteiger partial charge in [0, 0.05) is 31.3 Å². The molecule has 35 heavy (non-hydrogen) atoms. The van der Waals surface area contributed by atoms with E-state index in [-0.39, 0.29) is 10.8 Å². The highest BCUT2D eigenvalue weighted by Gasteiger charge is 2.20. The number of carbonyl (C=O) groups excluding carboxylic acids is 1. The molecule has 9 heteroatoms. The topological polar surface area (TPSA) is 97.3 Å². The number of nitrogens with zero attached hydrogens (tertiary/aromatic N) is 2. The zero-order chi connectivity index (χ0) is 24.8. The van der Waals surface area contributed by atoms with E-state index in [1.165, 1.54) is 31.4 Å². The fraction of sp³-hybridized carbons (Fsp3) is 0.231. The number of sulfonamides is 1. The number of nitrogens with one attached hydrogen (secondary N) is 1. The molecule has 0 atom stereocenters. The highest BCUT2D eigenvalue weighted by molar-refractivity contribution is 7.90. The molecule has 1 aliphatic rings. The van der Waals surface area contributed by atoms with Crippen molar-refractivity contribution in [3.8, 4) is 11.5 Å². The number of hydrogen-bond donors (Lipinski definition) is 1. The predicted octanol–water partition coefficient (Wildman–Crippen LogP) is 4.34. The summed E-state index contributed by atoms with van der Waals surface area (Å²) in [4.78, 5) is 14.7. The van der Waals surface area contributed by atoms with Gasteiger partial charge in [0.15, 0.2) is 11.5 Å². The summed E-state index contributed by atoms with van der Waals surface area (Å²) < 4.78 is 40.4. The molecule has 0 bridgehead atoms. The highest BCUT2D eigenvalue weighted by atomic mass is 32.2. The Morgan fingerprint density at radius 1 is 1.03 bits per heavy atom. The Balaban J connectivity index is 1.42. The van der Waals surface area contributed by atoms with Gasteiger partial charge in [0.2, 0.25) is 0 Å². The Labute approximate surface area is 205 Å². The van der Waals surface area contributed by atoms with Crippen molar-refractivity contribution in [2.24, 2.45) is 4.40 Å². The van der Waals surface area contributed by atoms with Crippen molar-refractivity contribution >= 4 is 27.5 Å². The second kappa shape index (κ2) is 10.6. The van der Waals surface area contributed by atoms with E-state index in [0.717, 1.165) is 18.5 Å². The first kappa shape index (κ1) is 24.3. The maximum atomic E-state index is 12.8. The summed E-state index contributed by atoms with van der Waals surface area (Å²) in [5, 5.41) is 2.77. The Morgan fingerprint density at radius 2 is 1.77 bits per heavy atom. The molecule has 3 aromatic carbocycles. The molecule has 1 fully saturated rings. The number of carbonyl (C=O) groups is 1. The zero-order valence-corrected chi connectivity index (χ0v) is 20.4. The van der Waals surface area contributed by atoms with Gasteiger partial charge in [0.1, 0.15) is 12.4 Å². The van der Waals surface area contributed by atoms with Crippen molar-refractivity contribution in [2.75, 3.05) is 26.0 Å². The third-order valence-electron chi connectivity index (χ3n) is 5.63. The van der Waals surface area contributed by atoms with Crippen LogP contribution in [0, 0.1) is 0 Å². The molecule has 1 amide bonds. The Kier molecular flexibility index (Phi) is 7.36. The van der Waals surface area contributed by atoms with Crippen LogP contribution in [0.25, 0.3) is 0 Å². The van der Waals surface area contributed by atoms with Gasteiger partial charge >= 0.3 is 0 Å². The maximum absolute atomic E-state index is 12.8. The van der Waals surface area contributed by atoms with Crippen molar-refractivity contribution in [3.63, 3.8) is 0 Å². The lowest BCUT2D eigenvalue weighted by atomic mass is 10.1. The number of benzene rings is 3. The molecule has 4 rings (SSSR count). The van der Waals surface area contributed by atoms with E-state index in [2.05, 4.69) is 9.71 Å². The molecular formula is C26H27N3O5S. The van der Waals surface area contributed by atoms with Crippen LogP contribution in [0.5, 0.6) is 11.5 Å². The first-order chi connectivity index (χ1) is 16.9. The van der Waals surface area contributed by atoms with Crippen LogP contribution in [-0.2, 0) is 16.6 Å². The van der Waals surface area contributed by atoms with Crippen LogP contribution in [-0.4, -0.2) is 45.8 Å². The SMILES string of the molecule is COc1cc(C(=O)Nc2ccc(S(=O)(=O)N=C3CCCN3C)cc2)ccc1OCc1ccccc1. The van der Waals surface area contributed by atoms with E-state index in [9.17, 15) is 13.2 Å². The second-order valence-corrected chi connectivity index (χ2v) is 9.73. The average Bonchev–Trinajstić information content (AvgIpc) is 3.27. The van der Waals surface area contributed by atoms with Gasteiger partial charge in [-0.2, -0.15) is 8.42 Å². The number of amides is 1. The number of ether oxygens (including phenoxy) is 2. The molecule has 3 aromatic rings. The molecule has 0 spiro atoms. The van der Waals surface area contributed by atoms with Crippen molar-refractivity contribution in [1.29, 1.82) is 0 Å². The van der Waals surface area contributed by atoms with Gasteiger partial charge in [-0.05, 0) is 54.4 Å². The second-order valence-electron chi connectivity index (χ2n) is 8.13. The van der Waals surface area contributed by atoms with Crippen LogP contribution in [0.15, 0.2) is 82.1 Å². The monoisotopic (exact) mass is 493 g/mol. The van der Waals surface area contributed by atoms with Crippen LogP contribution < -0.4 is 14.8 Å². The van der Waals surface area contributed by atoms with E-state index in [1.807, 2.05) is 42.3 Å². The summed E-state index contributed by atoms with van der Waals surface area (Å²) in [6, 6.07) is 20.6. The lowest BCUT2D eigenvalue weighted by Crippen LogP contribution is -2.20. The number of likely N-dealkylation sites (tertiary alicyclic amines) is 1. The predicted molar refractivity (Wildman–Crippen MR) is 135 cm³/mol. The van der Waals surface area contributed by atoms with Crippen LogP contribution >= 0.6 is 0 Å². The minimum Gasteiger partial charge on any atom is -0.493 e. The summed E-state index contributed by atoms with van der Waals surface area (Å²) in [5.74, 6) is 1.16. The van der Waals surface area contributed by atoms with Gasteiger partial charge in [-0.25, -0.2) is 0 Å². The molecular weight excluding hydrogens is 466 g/mol. The lowest BCUT2D eigenvalue weighted by molar-refractivity contribution is 0.102. The lowest BCUT2D eigenvalue weighted by Gasteiger charge is -2.13. The van der Waals surface area contributed by atoms with Crippen molar-refractivity contribution in [2.45, 2.75) is 24.3 Å². The standard InChI is InChI=1S/C26H27N3O5S/c1-29-16-6-9-25(29)28-35(31,32)22-13-11-21(12-14-22)27-26(30)20-10-15-23(24(17-20)33-2)34-18-19-7-4-3-5-8-19/h3-5,7-8,10-15,17H,6,9,16,18H2,1-2H3,(H,27,30). The molecule has 0 radical (unpaired) electrons. The minimum atomic E-state index is -3.81. The number of amidine groups is 1. The first-order valence-corrected chi connectivity index (χ1v) is 12.6. The van der Waals surface area contributed by atoms with Crippen molar-refractivity contribution in [1.82, 2.24) is 4.90 Å². The fourth-order valence-electron chi connectivity index (χ4n) is 3.68. The number of methoxy groups -OCH3 is 1. The van der Waals surface area contributed by atoms with Gasteiger partial charge in [-0.3, -0.25) is 4.79 Å². The summed E-state index contributed by atoms with van der Waals surface area (Å²) in [5.41, 5.74) is 1.85. The molecule has 0 saturated carbocycles. The number of hydrogen-bond acceptors (Lipinski definition) is 5. The third kappa shape index (κ3) is 5.99. The first-order valence-electron chi connectivity index (χ1n) is 11.2. The summed E-state index contributed by atoms with van der Waals surface area (Å²) in [6.07, 6.45) is 1.53. The van der Waals surface area contributed by atoms with Gasteiger partial charge in [0.05, 0.1) is 12.0 Å². The average molecular weight is 494 g/mol. The fourth-order valence-corrected chi connectivity index (χ4v) is 4.77. The minimum absolute atomic E-state index is 0.0740. The van der Waals surface area contributed by atoms with Crippen molar-refractivity contribution < 1.29 is 22.7 Å². The molecule has 8 nitrogen and oxygen atoms in total. The molecule has 1 saturated heterocycles. The van der Waals surface area contributed by atoms with Gasteiger partial charge in [-0.15, -0.1) is 4.40 Å². The van der Waals surface area contributed by atoms with Crippen molar-refractivity contribution in [3.05, 3.63) is 83.9 Å². The molecule has 0 aromatic heterocycles. The highest BCUT2D eigenvalue weighted by Crippen LogP contribution is 2.29. The molecule has 0 aliphatic carbocycles. The Hall–Kier alpha value is -3.85. The third-order valence-corrected chi connectivity index (χ3v) is 6.95. The van der Waals surface area contributed by atoms with Crippen LogP contribution in [0.2, 0.25) is 0 Å². The smallest absolute Gasteiger partial charge is 0.283 e. The maximum Gasteiger partial charge on any atom is 0.283 e. The van der Waals surface area contributed by atoms with E-state index >= 15 is 0 Å². The molecule has 182 valence electrons. The van der Waals surface area contributed by atoms with E-state index in [4.69, 9.17) is 9.47 Å². The Morgan fingerprint density at radius 3 is 2.43 bits per heavy atom. The Bertz CT molecular complexity index is 1320. The number of anilines is 1. The van der Waals surface area contributed by atoms with E-state index in [0.29, 0.717) is 41.6 Å². The summed E-state index contributed by atoms with van der Waals surface area (Å²) in [6.45, 7) is 1.17. The van der Waals surface area contributed by atoms with Gasteiger partial charge in [-0.1, -0.05) is 30.3 Å². The normalized spacial score (nSPS) is 14.7. The largest absolute Gasteiger partial charge is 0.493 e. The van der Waals surface area contributed by atoms with Crippen LogP contribution in [0.4, 0.5) is 5.69 Å². The van der Waals surface area contributed by atoms with Gasteiger partial charge < -0.3 is 19.7 Å². The molecule has 0 unspecified atom stereocenters. The quantitative estimate of drug-likeness (QED) is 0.501. The van der Waals surface area contributed by atoms with E-state index < -0.39 is 10.0 Å². The van der Waals surface area contributed by atoms with Crippen LogP contribution in [0.3, 0.4) is 0 Å². The summed E-state index contributed by atoms with van der Waals surface area (Å²) >= 11 is 0.